The van der Waals surface area contributed by atoms with Gasteiger partial charge in [-0.25, -0.2) is 0 Å². The maximum Gasteiger partial charge on any atom is 0.243 e. The molecule has 2 rings (SSSR count). The molecule has 0 bridgehead atoms. The average molecular weight is 296 g/mol. The van der Waals surface area contributed by atoms with Crippen molar-refractivity contribution in [1.29, 1.82) is 0 Å². The number of aromatic nitrogens is 1. The number of halogens is 1. The van der Waals surface area contributed by atoms with E-state index in [4.69, 9.17) is 20.9 Å². The Morgan fingerprint density at radius 1 is 1.45 bits per heavy atom. The van der Waals surface area contributed by atoms with Crippen molar-refractivity contribution in [1.82, 2.24) is 5.16 Å². The molecule has 0 spiro atoms. The molecule has 1 aromatic heterocycles. The highest BCUT2D eigenvalue weighted by Crippen LogP contribution is 2.27. The number of rotatable bonds is 5. The van der Waals surface area contributed by atoms with Crippen LogP contribution in [0.3, 0.4) is 0 Å². The molecular formula is C13H14ClN3O3. The van der Waals surface area contributed by atoms with Crippen molar-refractivity contribution in [2.75, 3.05) is 24.3 Å². The monoisotopic (exact) mass is 295 g/mol. The van der Waals surface area contributed by atoms with Crippen LogP contribution in [0.2, 0.25) is 5.02 Å². The molecule has 6 nitrogen and oxygen atoms in total. The van der Waals surface area contributed by atoms with Crippen LogP contribution in [0.25, 0.3) is 0 Å². The molecule has 1 heterocycles. The van der Waals surface area contributed by atoms with E-state index in [2.05, 4.69) is 15.8 Å². The van der Waals surface area contributed by atoms with Crippen LogP contribution in [0.4, 0.5) is 11.5 Å². The third-order valence-electron chi connectivity index (χ3n) is 2.49. The predicted molar refractivity (Wildman–Crippen MR) is 76.4 cm³/mol. The number of anilines is 2. The first-order valence-corrected chi connectivity index (χ1v) is 6.27. The molecule has 0 aliphatic carbocycles. The van der Waals surface area contributed by atoms with Crippen LogP contribution in [0.15, 0.2) is 28.8 Å². The van der Waals surface area contributed by atoms with Gasteiger partial charge in [0.2, 0.25) is 5.91 Å². The third kappa shape index (κ3) is 3.64. The van der Waals surface area contributed by atoms with E-state index in [0.29, 0.717) is 28.0 Å². The quantitative estimate of drug-likeness (QED) is 0.887. The summed E-state index contributed by atoms with van der Waals surface area (Å²) in [5.74, 6) is 1.54. The summed E-state index contributed by atoms with van der Waals surface area (Å²) in [6.45, 7) is 1.85. The van der Waals surface area contributed by atoms with Gasteiger partial charge in [-0.3, -0.25) is 4.79 Å². The van der Waals surface area contributed by atoms with Gasteiger partial charge in [-0.05, 0) is 25.1 Å². The Balaban J connectivity index is 1.89. The summed E-state index contributed by atoms with van der Waals surface area (Å²) in [7, 11) is 1.53. The largest absolute Gasteiger partial charge is 0.495 e. The van der Waals surface area contributed by atoms with Gasteiger partial charge in [-0.2, -0.15) is 0 Å². The fourth-order valence-corrected chi connectivity index (χ4v) is 1.83. The molecule has 0 aliphatic rings. The zero-order valence-corrected chi connectivity index (χ0v) is 11.8. The highest BCUT2D eigenvalue weighted by Gasteiger charge is 2.07. The Bertz CT molecular complexity index is 613. The van der Waals surface area contributed by atoms with Gasteiger partial charge in [0.05, 0.1) is 18.7 Å². The van der Waals surface area contributed by atoms with Crippen LogP contribution in [0.1, 0.15) is 5.76 Å². The van der Waals surface area contributed by atoms with Gasteiger partial charge < -0.3 is 19.9 Å². The summed E-state index contributed by atoms with van der Waals surface area (Å²) in [6, 6.07) is 6.73. The van der Waals surface area contributed by atoms with E-state index in [1.54, 1.807) is 31.2 Å². The number of amides is 1. The van der Waals surface area contributed by atoms with Crippen molar-refractivity contribution in [3.05, 3.63) is 35.0 Å². The number of carbonyl (C=O) groups is 1. The lowest BCUT2D eigenvalue weighted by Gasteiger charge is -2.08. The Morgan fingerprint density at radius 2 is 2.25 bits per heavy atom. The van der Waals surface area contributed by atoms with Crippen LogP contribution >= 0.6 is 11.6 Å². The SMILES string of the molecule is COc1ccc(NC(=O)CNc2cc(C)on2)cc1Cl. The van der Waals surface area contributed by atoms with Crippen LogP contribution in [0, 0.1) is 6.92 Å². The summed E-state index contributed by atoms with van der Waals surface area (Å²) < 4.78 is 9.92. The Hall–Kier alpha value is -2.21. The fourth-order valence-electron chi connectivity index (χ4n) is 1.57. The lowest BCUT2D eigenvalue weighted by atomic mass is 10.3. The van der Waals surface area contributed by atoms with Gasteiger partial charge in [-0.15, -0.1) is 0 Å². The van der Waals surface area contributed by atoms with E-state index in [1.165, 1.54) is 7.11 Å². The van der Waals surface area contributed by atoms with Crippen molar-refractivity contribution < 1.29 is 14.1 Å². The van der Waals surface area contributed by atoms with Crippen LogP contribution in [-0.4, -0.2) is 24.7 Å². The van der Waals surface area contributed by atoms with Crippen molar-refractivity contribution in [3.63, 3.8) is 0 Å². The molecule has 0 saturated heterocycles. The smallest absolute Gasteiger partial charge is 0.243 e. The minimum atomic E-state index is -0.216. The summed E-state index contributed by atoms with van der Waals surface area (Å²) in [5, 5.41) is 9.72. The third-order valence-corrected chi connectivity index (χ3v) is 2.79. The molecule has 1 aromatic carbocycles. The van der Waals surface area contributed by atoms with Crippen molar-refractivity contribution >= 4 is 29.0 Å². The molecule has 7 heteroatoms. The van der Waals surface area contributed by atoms with E-state index in [-0.39, 0.29) is 12.5 Å². The van der Waals surface area contributed by atoms with Gasteiger partial charge in [0.1, 0.15) is 11.5 Å². The zero-order chi connectivity index (χ0) is 14.5. The first-order chi connectivity index (χ1) is 9.58. The van der Waals surface area contributed by atoms with Gasteiger partial charge in [0.25, 0.3) is 0 Å². The molecule has 0 radical (unpaired) electrons. The van der Waals surface area contributed by atoms with Crippen molar-refractivity contribution in [3.8, 4) is 5.75 Å². The molecule has 0 atom stereocenters. The van der Waals surface area contributed by atoms with Gasteiger partial charge in [0.15, 0.2) is 5.82 Å². The number of aryl methyl sites for hydroxylation is 1. The summed E-state index contributed by atoms with van der Waals surface area (Å²) in [5.41, 5.74) is 0.596. The van der Waals surface area contributed by atoms with Crippen LogP contribution < -0.4 is 15.4 Å². The van der Waals surface area contributed by atoms with E-state index >= 15 is 0 Å². The van der Waals surface area contributed by atoms with Crippen LogP contribution in [-0.2, 0) is 4.79 Å². The normalized spacial score (nSPS) is 10.2. The molecule has 1 amide bonds. The Morgan fingerprint density at radius 3 is 2.85 bits per heavy atom. The highest BCUT2D eigenvalue weighted by molar-refractivity contribution is 6.32. The van der Waals surface area contributed by atoms with E-state index in [0.717, 1.165) is 0 Å². The molecule has 0 fully saturated rings. The summed E-state index contributed by atoms with van der Waals surface area (Å²) in [4.78, 5) is 11.8. The Labute approximate surface area is 121 Å². The van der Waals surface area contributed by atoms with Crippen molar-refractivity contribution in [2.24, 2.45) is 0 Å². The number of hydrogen-bond acceptors (Lipinski definition) is 5. The lowest BCUT2D eigenvalue weighted by molar-refractivity contribution is -0.114. The summed E-state index contributed by atoms with van der Waals surface area (Å²) >= 11 is 5.97. The number of hydrogen-bond donors (Lipinski definition) is 2. The predicted octanol–water partition coefficient (Wildman–Crippen LogP) is 2.70. The number of benzene rings is 1. The number of nitrogens with zero attached hydrogens (tertiary/aromatic N) is 1. The second-order valence-electron chi connectivity index (χ2n) is 4.07. The maximum atomic E-state index is 11.8. The number of carbonyl (C=O) groups excluding carboxylic acids is 1. The number of nitrogens with one attached hydrogen (secondary N) is 2. The van der Waals surface area contributed by atoms with Gasteiger partial charge in [0, 0.05) is 11.8 Å². The number of ether oxygens (including phenoxy) is 1. The van der Waals surface area contributed by atoms with Crippen LogP contribution in [0.5, 0.6) is 5.75 Å². The first kappa shape index (κ1) is 14.2. The first-order valence-electron chi connectivity index (χ1n) is 5.89. The topological polar surface area (TPSA) is 76.4 Å². The maximum absolute atomic E-state index is 11.8. The lowest BCUT2D eigenvalue weighted by Crippen LogP contribution is -2.21. The molecule has 20 heavy (non-hydrogen) atoms. The van der Waals surface area contributed by atoms with Crippen molar-refractivity contribution in [2.45, 2.75) is 6.92 Å². The Kier molecular flexibility index (Phi) is 4.47. The molecule has 106 valence electrons. The molecule has 2 N–H and O–H groups in total. The standard InChI is InChI=1S/C13H14ClN3O3/c1-8-5-12(17-20-8)15-7-13(18)16-9-3-4-11(19-2)10(14)6-9/h3-6H,7H2,1-2H3,(H,15,17)(H,16,18). The van der Waals surface area contributed by atoms with E-state index < -0.39 is 0 Å². The van der Waals surface area contributed by atoms with Gasteiger partial charge >= 0.3 is 0 Å². The molecule has 0 saturated carbocycles. The number of methoxy groups -OCH3 is 1. The summed E-state index contributed by atoms with van der Waals surface area (Å²) in [6.07, 6.45) is 0. The molecule has 2 aromatic rings. The molecular weight excluding hydrogens is 282 g/mol. The zero-order valence-electron chi connectivity index (χ0n) is 11.1. The minimum Gasteiger partial charge on any atom is -0.495 e. The minimum absolute atomic E-state index is 0.0790. The highest BCUT2D eigenvalue weighted by atomic mass is 35.5. The van der Waals surface area contributed by atoms with E-state index in [1.807, 2.05) is 0 Å². The molecule has 0 unspecified atom stereocenters. The second-order valence-corrected chi connectivity index (χ2v) is 4.48. The second kappa shape index (κ2) is 6.29. The molecule has 0 aliphatic heterocycles. The average Bonchev–Trinajstić information content (AvgIpc) is 2.82. The fraction of sp³-hybridized carbons (Fsp3) is 0.231. The van der Waals surface area contributed by atoms with Gasteiger partial charge in [-0.1, -0.05) is 16.8 Å². The van der Waals surface area contributed by atoms with E-state index in [9.17, 15) is 4.79 Å².